The topological polar surface area (TPSA) is 82.2 Å². The number of ether oxygens (including phenoxy) is 1. The van der Waals surface area contributed by atoms with Gasteiger partial charge in [-0.3, -0.25) is 4.79 Å². The molecular weight excluding hydrogens is 459 g/mol. The fourth-order valence-electron chi connectivity index (χ4n) is 4.24. The average Bonchev–Trinajstić information content (AvgIpc) is 2.85. The molecule has 1 amide bonds. The van der Waals surface area contributed by atoms with Crippen LogP contribution >= 0.6 is 0 Å². The van der Waals surface area contributed by atoms with Crippen molar-refractivity contribution >= 4 is 27.3 Å². The van der Waals surface area contributed by atoms with Crippen LogP contribution in [-0.4, -0.2) is 76.5 Å². The molecule has 1 N–H and O–H groups in total. The van der Waals surface area contributed by atoms with Gasteiger partial charge in [-0.1, -0.05) is 18.6 Å². The van der Waals surface area contributed by atoms with Gasteiger partial charge in [0.2, 0.25) is 10.0 Å². The molecule has 8 nitrogen and oxygen atoms in total. The lowest BCUT2D eigenvalue weighted by atomic mass is 10.2. The monoisotopic (exact) mass is 490 g/mol. The van der Waals surface area contributed by atoms with E-state index >= 15 is 0 Å². The summed E-state index contributed by atoms with van der Waals surface area (Å²) in [4.78, 5) is 17.2. The highest BCUT2D eigenvalue weighted by Crippen LogP contribution is 2.32. The number of carbonyl (C=O) groups excluding carboxylic acids is 1. The van der Waals surface area contributed by atoms with E-state index in [2.05, 4.69) is 15.1 Å². The van der Waals surface area contributed by atoms with Crippen LogP contribution in [0.2, 0.25) is 0 Å². The Morgan fingerprint density at radius 2 is 1.71 bits per heavy atom. The third-order valence-electron chi connectivity index (χ3n) is 6.23. The van der Waals surface area contributed by atoms with Gasteiger partial charge in [0.1, 0.15) is 0 Å². The number of nitrogens with zero attached hydrogens (tertiary/aromatic N) is 3. The lowest BCUT2D eigenvalue weighted by Gasteiger charge is -2.35. The van der Waals surface area contributed by atoms with E-state index in [1.807, 2.05) is 7.05 Å². The lowest BCUT2D eigenvalue weighted by molar-refractivity contribution is -0.118. The van der Waals surface area contributed by atoms with Crippen molar-refractivity contribution in [1.29, 1.82) is 0 Å². The third kappa shape index (κ3) is 5.68. The minimum atomic E-state index is -3.66. The van der Waals surface area contributed by atoms with Crippen molar-refractivity contribution in [2.24, 2.45) is 0 Å². The Bertz CT molecular complexity index is 1110. The summed E-state index contributed by atoms with van der Waals surface area (Å²) in [5.41, 5.74) is 1.16. The van der Waals surface area contributed by atoms with E-state index in [0.29, 0.717) is 18.8 Å². The van der Waals surface area contributed by atoms with E-state index in [9.17, 15) is 17.6 Å². The van der Waals surface area contributed by atoms with Gasteiger partial charge in [-0.25, -0.2) is 12.8 Å². The lowest BCUT2D eigenvalue weighted by Crippen LogP contribution is -2.44. The predicted molar refractivity (Wildman–Crippen MR) is 129 cm³/mol. The molecule has 0 aromatic heterocycles. The molecule has 2 saturated heterocycles. The van der Waals surface area contributed by atoms with Gasteiger partial charge in [0.05, 0.1) is 16.3 Å². The number of hydrogen-bond donors (Lipinski definition) is 1. The zero-order chi connectivity index (χ0) is 24.1. The molecule has 0 aliphatic carbocycles. The summed E-state index contributed by atoms with van der Waals surface area (Å²) < 4.78 is 47.1. The van der Waals surface area contributed by atoms with Crippen LogP contribution in [0.3, 0.4) is 0 Å². The molecule has 2 aromatic carbocycles. The molecule has 34 heavy (non-hydrogen) atoms. The molecule has 2 aliphatic heterocycles. The molecule has 2 aromatic rings. The number of hydrogen-bond acceptors (Lipinski definition) is 6. The summed E-state index contributed by atoms with van der Waals surface area (Å²) >= 11 is 0. The van der Waals surface area contributed by atoms with Crippen molar-refractivity contribution in [1.82, 2.24) is 9.21 Å². The molecule has 0 bridgehead atoms. The van der Waals surface area contributed by atoms with Crippen LogP contribution in [0.5, 0.6) is 5.75 Å². The van der Waals surface area contributed by atoms with E-state index in [1.165, 1.54) is 22.5 Å². The van der Waals surface area contributed by atoms with Gasteiger partial charge < -0.3 is 19.9 Å². The highest BCUT2D eigenvalue weighted by Gasteiger charge is 2.28. The van der Waals surface area contributed by atoms with Gasteiger partial charge in [0.25, 0.3) is 5.91 Å². The van der Waals surface area contributed by atoms with E-state index in [4.69, 9.17) is 4.74 Å². The molecule has 184 valence electrons. The summed E-state index contributed by atoms with van der Waals surface area (Å²) in [5, 5.41) is 2.80. The van der Waals surface area contributed by atoms with Gasteiger partial charge in [0, 0.05) is 39.3 Å². The third-order valence-corrected chi connectivity index (χ3v) is 8.13. The predicted octanol–water partition coefficient (Wildman–Crippen LogP) is 2.77. The Balaban J connectivity index is 1.57. The first-order valence-electron chi connectivity index (χ1n) is 11.6. The second-order valence-corrected chi connectivity index (χ2v) is 10.6. The van der Waals surface area contributed by atoms with Gasteiger partial charge in [-0.2, -0.15) is 4.31 Å². The van der Waals surface area contributed by atoms with Gasteiger partial charge in [-0.05, 0) is 50.2 Å². The fourth-order valence-corrected chi connectivity index (χ4v) is 5.79. The van der Waals surface area contributed by atoms with Crippen LogP contribution in [-0.2, 0) is 14.8 Å². The van der Waals surface area contributed by atoms with Crippen molar-refractivity contribution in [2.75, 3.05) is 63.1 Å². The van der Waals surface area contributed by atoms with E-state index in [0.717, 1.165) is 51.1 Å². The number of benzene rings is 2. The number of nitrogens with one attached hydrogen (secondary N) is 1. The van der Waals surface area contributed by atoms with Crippen molar-refractivity contribution in [3.8, 4) is 5.75 Å². The van der Waals surface area contributed by atoms with Gasteiger partial charge >= 0.3 is 0 Å². The van der Waals surface area contributed by atoms with Gasteiger partial charge in [-0.15, -0.1) is 0 Å². The molecule has 4 rings (SSSR count). The normalized spacial score (nSPS) is 18.0. The Morgan fingerprint density at radius 1 is 1.00 bits per heavy atom. The maximum absolute atomic E-state index is 13.8. The summed E-state index contributed by atoms with van der Waals surface area (Å²) in [6.45, 7) is 3.83. The molecule has 10 heteroatoms. The Kier molecular flexibility index (Phi) is 7.70. The number of piperidine rings is 1. The molecule has 0 spiro atoms. The molecular formula is C24H31FN4O4S. The number of rotatable bonds is 7. The molecule has 2 aliphatic rings. The van der Waals surface area contributed by atoms with Crippen LogP contribution in [0.1, 0.15) is 19.3 Å². The molecule has 0 saturated carbocycles. The zero-order valence-corrected chi connectivity index (χ0v) is 20.2. The molecule has 2 fully saturated rings. The van der Waals surface area contributed by atoms with Crippen molar-refractivity contribution in [3.05, 3.63) is 48.3 Å². The van der Waals surface area contributed by atoms with E-state index in [1.54, 1.807) is 24.3 Å². The largest absolute Gasteiger partial charge is 0.481 e. The Labute approximate surface area is 200 Å². The van der Waals surface area contributed by atoms with Crippen LogP contribution in [0.25, 0.3) is 0 Å². The number of para-hydroxylation sites is 1. The summed E-state index contributed by atoms with van der Waals surface area (Å²) in [6.07, 6.45) is 2.71. The SMILES string of the molecule is CN1CCN(c2ccc(S(=O)(=O)N3CCCCC3)cc2NC(=O)COc2ccccc2F)CC1. The molecule has 0 unspecified atom stereocenters. The smallest absolute Gasteiger partial charge is 0.262 e. The van der Waals surface area contributed by atoms with Crippen molar-refractivity contribution < 1.29 is 22.3 Å². The number of piperazine rings is 1. The maximum Gasteiger partial charge on any atom is 0.262 e. The second-order valence-electron chi connectivity index (χ2n) is 8.70. The first-order valence-corrected chi connectivity index (χ1v) is 13.0. The fraction of sp³-hybridized carbons (Fsp3) is 0.458. The van der Waals surface area contributed by atoms with Crippen LogP contribution < -0.4 is 15.0 Å². The highest BCUT2D eigenvalue weighted by atomic mass is 32.2. The number of amides is 1. The first kappa shape index (κ1) is 24.4. The number of anilines is 2. The van der Waals surface area contributed by atoms with Crippen molar-refractivity contribution in [2.45, 2.75) is 24.2 Å². The summed E-state index contributed by atoms with van der Waals surface area (Å²) in [5.74, 6) is -1.06. The van der Waals surface area contributed by atoms with Gasteiger partial charge in [0.15, 0.2) is 18.2 Å². The minimum absolute atomic E-state index is 0.0154. The Morgan fingerprint density at radius 3 is 2.41 bits per heavy atom. The summed E-state index contributed by atoms with van der Waals surface area (Å²) in [6, 6.07) is 10.8. The van der Waals surface area contributed by atoms with Crippen LogP contribution in [0.4, 0.5) is 15.8 Å². The number of carbonyl (C=O) groups is 1. The highest BCUT2D eigenvalue weighted by molar-refractivity contribution is 7.89. The van der Waals surface area contributed by atoms with Crippen LogP contribution in [0, 0.1) is 5.82 Å². The van der Waals surface area contributed by atoms with E-state index in [-0.39, 0.29) is 10.6 Å². The molecule has 0 radical (unpaired) electrons. The quantitative estimate of drug-likeness (QED) is 0.643. The maximum atomic E-state index is 13.8. The summed E-state index contributed by atoms with van der Waals surface area (Å²) in [7, 11) is -1.61. The number of likely N-dealkylation sites (N-methyl/N-ethyl adjacent to an activating group) is 1. The second kappa shape index (κ2) is 10.7. The van der Waals surface area contributed by atoms with E-state index < -0.39 is 28.4 Å². The number of halogens is 1. The van der Waals surface area contributed by atoms with Crippen molar-refractivity contribution in [3.63, 3.8) is 0 Å². The zero-order valence-electron chi connectivity index (χ0n) is 19.4. The van der Waals surface area contributed by atoms with Crippen LogP contribution in [0.15, 0.2) is 47.4 Å². The molecule has 2 heterocycles. The first-order chi connectivity index (χ1) is 16.3. The minimum Gasteiger partial charge on any atom is -0.481 e. The average molecular weight is 491 g/mol. The Hall–Kier alpha value is -2.69. The number of sulfonamides is 1. The molecule has 0 atom stereocenters. The standard InChI is InChI=1S/C24H31FN4O4S/c1-27-13-15-28(16-14-27)22-10-9-19(34(31,32)29-11-5-2-6-12-29)17-21(22)26-24(30)18-33-23-8-4-3-7-20(23)25/h3-4,7-10,17H,2,5-6,11-16,18H2,1H3,(H,26,30).